The molecule has 0 aliphatic carbocycles. The molecule has 6 nitrogen and oxygen atoms in total. The van der Waals surface area contributed by atoms with Crippen molar-refractivity contribution in [1.82, 2.24) is 19.8 Å². The number of fused-ring (bicyclic) bond motifs is 1. The first-order valence-electron chi connectivity index (χ1n) is 8.23. The highest BCUT2D eigenvalue weighted by Crippen LogP contribution is 2.30. The largest absolute Gasteiger partial charge is 0.453 e. The maximum Gasteiger partial charge on any atom is 0.453 e. The Kier molecular flexibility index (Phi) is 4.23. The van der Waals surface area contributed by atoms with Gasteiger partial charge in [0.1, 0.15) is 5.82 Å². The van der Waals surface area contributed by atoms with Crippen LogP contribution in [0.5, 0.6) is 0 Å². The monoisotopic (exact) mass is 363 g/mol. The van der Waals surface area contributed by atoms with E-state index in [0.29, 0.717) is 18.8 Å². The Labute approximate surface area is 147 Å². The van der Waals surface area contributed by atoms with E-state index in [1.807, 2.05) is 30.3 Å². The van der Waals surface area contributed by atoms with Crippen molar-refractivity contribution in [3.63, 3.8) is 0 Å². The van der Waals surface area contributed by atoms with Crippen molar-refractivity contribution < 1.29 is 17.9 Å². The van der Waals surface area contributed by atoms with E-state index in [0.717, 1.165) is 16.5 Å². The summed E-state index contributed by atoms with van der Waals surface area (Å²) in [5.74, 6) is -0.785. The lowest BCUT2D eigenvalue weighted by atomic mass is 9.97. The van der Waals surface area contributed by atoms with E-state index >= 15 is 0 Å². The molecule has 0 spiro atoms. The van der Waals surface area contributed by atoms with E-state index in [2.05, 4.69) is 20.6 Å². The third-order valence-corrected chi connectivity index (χ3v) is 4.32. The number of nitrogens with zero attached hydrogens (tertiary/aromatic N) is 4. The molecule has 0 bridgehead atoms. The maximum atomic E-state index is 13.0. The molecule has 0 saturated carbocycles. The van der Waals surface area contributed by atoms with Crippen LogP contribution in [0.3, 0.4) is 0 Å². The van der Waals surface area contributed by atoms with E-state index in [4.69, 9.17) is 4.74 Å². The number of benzene rings is 1. The van der Waals surface area contributed by atoms with Crippen molar-refractivity contribution in [2.75, 3.05) is 11.9 Å². The van der Waals surface area contributed by atoms with Crippen molar-refractivity contribution in [3.05, 3.63) is 53.9 Å². The van der Waals surface area contributed by atoms with Crippen LogP contribution in [0.4, 0.5) is 19.0 Å². The van der Waals surface area contributed by atoms with Crippen LogP contribution in [-0.2, 0) is 10.9 Å². The van der Waals surface area contributed by atoms with Gasteiger partial charge in [-0.25, -0.2) is 0 Å². The zero-order valence-corrected chi connectivity index (χ0v) is 13.6. The summed E-state index contributed by atoms with van der Waals surface area (Å²) in [7, 11) is 0. The molecule has 136 valence electrons. The topological polar surface area (TPSA) is 64.3 Å². The molecule has 2 aromatic heterocycles. The van der Waals surface area contributed by atoms with Gasteiger partial charge in [-0.3, -0.25) is 0 Å². The van der Waals surface area contributed by atoms with Gasteiger partial charge in [0.15, 0.2) is 5.65 Å². The minimum absolute atomic E-state index is 0.0460. The predicted octanol–water partition coefficient (Wildman–Crippen LogP) is 3.48. The van der Waals surface area contributed by atoms with Crippen molar-refractivity contribution in [2.45, 2.75) is 31.2 Å². The zero-order chi connectivity index (χ0) is 18.1. The van der Waals surface area contributed by atoms with Gasteiger partial charge in [0.25, 0.3) is 5.82 Å². The number of halogens is 3. The minimum atomic E-state index is -4.61. The van der Waals surface area contributed by atoms with Crippen LogP contribution in [0.1, 0.15) is 30.3 Å². The highest BCUT2D eigenvalue weighted by Gasteiger charge is 2.37. The number of alkyl halides is 3. The van der Waals surface area contributed by atoms with E-state index in [-0.39, 0.29) is 17.8 Å². The second-order valence-corrected chi connectivity index (χ2v) is 6.15. The average Bonchev–Trinajstić information content (AvgIpc) is 3.06. The van der Waals surface area contributed by atoms with Gasteiger partial charge in [-0.2, -0.15) is 17.7 Å². The summed E-state index contributed by atoms with van der Waals surface area (Å²) in [4.78, 5) is 0. The molecule has 3 heterocycles. The highest BCUT2D eigenvalue weighted by atomic mass is 19.4. The molecule has 1 fully saturated rings. The lowest BCUT2D eigenvalue weighted by molar-refractivity contribution is -0.146. The third-order valence-electron chi connectivity index (χ3n) is 4.32. The molecular formula is C17H16F3N5O. The van der Waals surface area contributed by atoms with Gasteiger partial charge < -0.3 is 10.1 Å². The fraction of sp³-hybridized carbons (Fsp3) is 0.353. The van der Waals surface area contributed by atoms with E-state index in [1.165, 1.54) is 6.07 Å². The Morgan fingerprint density at radius 3 is 2.65 bits per heavy atom. The van der Waals surface area contributed by atoms with Crippen LogP contribution in [0.2, 0.25) is 0 Å². The molecule has 1 aliphatic rings. The highest BCUT2D eigenvalue weighted by molar-refractivity contribution is 5.44. The summed E-state index contributed by atoms with van der Waals surface area (Å²) < 4.78 is 45.5. The SMILES string of the molecule is FC(F)(F)c1nnc2ccc(NC3CCOC(c4ccccc4)C3)nn12. The zero-order valence-electron chi connectivity index (χ0n) is 13.6. The van der Waals surface area contributed by atoms with Crippen molar-refractivity contribution in [1.29, 1.82) is 0 Å². The molecule has 1 saturated heterocycles. The molecule has 0 radical (unpaired) electrons. The number of anilines is 1. The molecule has 2 unspecified atom stereocenters. The second kappa shape index (κ2) is 6.56. The first-order chi connectivity index (χ1) is 12.5. The molecule has 2 atom stereocenters. The van der Waals surface area contributed by atoms with Gasteiger partial charge in [-0.05, 0) is 30.5 Å². The summed E-state index contributed by atoms with van der Waals surface area (Å²) in [6, 6.07) is 13.0. The van der Waals surface area contributed by atoms with Crippen LogP contribution in [0.15, 0.2) is 42.5 Å². The quantitative estimate of drug-likeness (QED) is 0.772. The summed E-state index contributed by atoms with van der Waals surface area (Å²) in [5.41, 5.74) is 1.14. The van der Waals surface area contributed by atoms with Gasteiger partial charge >= 0.3 is 6.18 Å². The third kappa shape index (κ3) is 3.34. The average molecular weight is 363 g/mol. The number of nitrogens with one attached hydrogen (secondary N) is 1. The molecule has 26 heavy (non-hydrogen) atoms. The smallest absolute Gasteiger partial charge is 0.373 e. The van der Waals surface area contributed by atoms with Gasteiger partial charge in [-0.15, -0.1) is 15.3 Å². The van der Waals surface area contributed by atoms with Gasteiger partial charge in [0.2, 0.25) is 0 Å². The minimum Gasteiger partial charge on any atom is -0.373 e. The van der Waals surface area contributed by atoms with Gasteiger partial charge in [0.05, 0.1) is 6.10 Å². The number of hydrogen-bond acceptors (Lipinski definition) is 5. The van der Waals surface area contributed by atoms with Crippen LogP contribution in [0.25, 0.3) is 5.65 Å². The van der Waals surface area contributed by atoms with Gasteiger partial charge in [-0.1, -0.05) is 30.3 Å². The summed E-state index contributed by atoms with van der Waals surface area (Å²) >= 11 is 0. The van der Waals surface area contributed by atoms with Crippen molar-refractivity contribution in [2.24, 2.45) is 0 Å². The van der Waals surface area contributed by atoms with Crippen molar-refractivity contribution >= 4 is 11.5 Å². The van der Waals surface area contributed by atoms with Crippen LogP contribution < -0.4 is 5.32 Å². The normalized spacial score (nSPS) is 21.0. The van der Waals surface area contributed by atoms with Crippen LogP contribution in [0, 0.1) is 0 Å². The first-order valence-corrected chi connectivity index (χ1v) is 8.23. The summed E-state index contributed by atoms with van der Waals surface area (Å²) in [5, 5.41) is 13.9. The molecule has 1 aliphatic heterocycles. The fourth-order valence-electron chi connectivity index (χ4n) is 3.08. The predicted molar refractivity (Wildman–Crippen MR) is 87.6 cm³/mol. The van der Waals surface area contributed by atoms with E-state index in [9.17, 15) is 13.2 Å². The maximum absolute atomic E-state index is 13.0. The Balaban J connectivity index is 1.53. The second-order valence-electron chi connectivity index (χ2n) is 6.15. The van der Waals surface area contributed by atoms with E-state index in [1.54, 1.807) is 6.07 Å². The molecule has 1 aromatic carbocycles. The molecular weight excluding hydrogens is 347 g/mol. The van der Waals surface area contributed by atoms with Crippen molar-refractivity contribution in [3.8, 4) is 0 Å². The molecule has 3 aromatic rings. The number of rotatable bonds is 3. The fourth-order valence-corrected chi connectivity index (χ4v) is 3.08. The molecule has 4 rings (SSSR count). The van der Waals surface area contributed by atoms with Gasteiger partial charge in [0, 0.05) is 12.6 Å². The van der Waals surface area contributed by atoms with E-state index < -0.39 is 12.0 Å². The Bertz CT molecular complexity index is 896. The lowest BCUT2D eigenvalue weighted by Crippen LogP contribution is -2.30. The Hall–Kier alpha value is -2.68. The molecule has 1 N–H and O–H groups in total. The lowest BCUT2D eigenvalue weighted by Gasteiger charge is -2.30. The summed E-state index contributed by atoms with van der Waals surface area (Å²) in [6.07, 6.45) is -3.20. The van der Waals surface area contributed by atoms with Crippen LogP contribution in [-0.4, -0.2) is 32.5 Å². The summed E-state index contributed by atoms with van der Waals surface area (Å²) in [6.45, 7) is 0.569. The Morgan fingerprint density at radius 1 is 1.08 bits per heavy atom. The first kappa shape index (κ1) is 16.8. The number of aromatic nitrogens is 4. The molecule has 9 heteroatoms. The van der Waals surface area contributed by atoms with Crippen LogP contribution >= 0.6 is 0 Å². The number of ether oxygens (including phenoxy) is 1. The Morgan fingerprint density at radius 2 is 1.88 bits per heavy atom. The number of hydrogen-bond donors (Lipinski definition) is 1. The molecule has 0 amide bonds. The standard InChI is InChI=1S/C17H16F3N5O/c18-17(19,20)16-23-22-15-7-6-14(24-25(15)16)21-12-8-9-26-13(10-12)11-4-2-1-3-5-11/h1-7,12-13H,8-10H2,(H,21,24).